The Labute approximate surface area is 121 Å². The van der Waals surface area contributed by atoms with Crippen LogP contribution in [0.2, 0.25) is 0 Å². The maximum Gasteiger partial charge on any atom is 0.306 e. The zero-order chi connectivity index (χ0) is 14.6. The third-order valence-electron chi connectivity index (χ3n) is 3.68. The van der Waals surface area contributed by atoms with Gasteiger partial charge in [-0.15, -0.1) is 11.6 Å². The number of hydrogen-bond donors (Lipinski definition) is 0. The fourth-order valence-electron chi connectivity index (χ4n) is 2.45. The highest BCUT2D eigenvalue weighted by Gasteiger charge is 2.47. The molecule has 0 fully saturated rings. The second kappa shape index (κ2) is 6.42. The first-order chi connectivity index (χ1) is 8.89. The van der Waals surface area contributed by atoms with Crippen LogP contribution < -0.4 is 0 Å². The van der Waals surface area contributed by atoms with Crippen LogP contribution in [0.1, 0.15) is 40.5 Å². The Morgan fingerprint density at radius 2 is 2.32 bits per heavy atom. The van der Waals surface area contributed by atoms with Crippen molar-refractivity contribution >= 4 is 17.6 Å². The summed E-state index contributed by atoms with van der Waals surface area (Å²) in [5.74, 6) is -0.120. The van der Waals surface area contributed by atoms with Crippen molar-refractivity contribution in [3.05, 3.63) is 36.0 Å². The maximum absolute atomic E-state index is 11.8. The summed E-state index contributed by atoms with van der Waals surface area (Å²) in [5, 5.41) is -0.318. The Kier molecular flexibility index (Phi) is 5.42. The lowest BCUT2D eigenvalue weighted by atomic mass is 9.74. The van der Waals surface area contributed by atoms with Crippen molar-refractivity contribution < 1.29 is 9.53 Å². The van der Waals surface area contributed by atoms with Gasteiger partial charge in [0.2, 0.25) is 0 Å². The molecule has 0 bridgehead atoms. The third kappa shape index (κ3) is 3.11. The molecule has 0 amide bonds. The minimum atomic E-state index is -0.842. The van der Waals surface area contributed by atoms with Gasteiger partial charge in [0, 0.05) is 12.3 Å². The summed E-state index contributed by atoms with van der Waals surface area (Å²) in [6.07, 6.45) is 7.06. The first-order valence-electron chi connectivity index (χ1n) is 6.71. The van der Waals surface area contributed by atoms with E-state index in [1.165, 1.54) is 0 Å². The molecular formula is C16H23ClO2. The first kappa shape index (κ1) is 16.0. The molecule has 19 heavy (non-hydrogen) atoms. The van der Waals surface area contributed by atoms with E-state index in [-0.39, 0.29) is 17.3 Å². The second-order valence-corrected chi connectivity index (χ2v) is 5.57. The Morgan fingerprint density at radius 1 is 1.68 bits per heavy atom. The van der Waals surface area contributed by atoms with E-state index in [1.54, 1.807) is 6.92 Å². The third-order valence-corrected chi connectivity index (χ3v) is 4.30. The Balaban J connectivity index is 3.25. The molecule has 0 saturated carbocycles. The number of halogens is 1. The number of alkyl halides is 1. The molecule has 0 aromatic rings. The second-order valence-electron chi connectivity index (χ2n) is 5.10. The molecule has 0 unspecified atom stereocenters. The van der Waals surface area contributed by atoms with Crippen LogP contribution >= 0.6 is 11.6 Å². The minimum absolute atomic E-state index is 0.117. The van der Waals surface area contributed by atoms with Crippen LogP contribution in [0.5, 0.6) is 0 Å². The minimum Gasteiger partial charge on any atom is -0.449 e. The Morgan fingerprint density at radius 3 is 2.79 bits per heavy atom. The molecule has 0 aromatic heterocycles. The van der Waals surface area contributed by atoms with Gasteiger partial charge in [0.1, 0.15) is 0 Å². The molecule has 0 spiro atoms. The highest BCUT2D eigenvalue weighted by atomic mass is 35.5. The van der Waals surface area contributed by atoms with Gasteiger partial charge in [-0.05, 0) is 38.8 Å². The van der Waals surface area contributed by atoms with Crippen molar-refractivity contribution in [1.29, 1.82) is 0 Å². The number of carbonyl (C=O) groups excluding carboxylic acids is 1. The summed E-state index contributed by atoms with van der Waals surface area (Å²) in [4.78, 5) is 11.8. The number of hydrogen-bond acceptors (Lipinski definition) is 2. The van der Waals surface area contributed by atoms with Crippen molar-refractivity contribution in [2.24, 2.45) is 5.92 Å². The van der Waals surface area contributed by atoms with Crippen LogP contribution in [0.25, 0.3) is 0 Å². The van der Waals surface area contributed by atoms with E-state index < -0.39 is 5.60 Å². The SMILES string of the molecule is C=C(C)[C@H]1CC=C(C)[C@](/C=C/C)(OC(=O)CC)[C@@H]1Cl. The number of ether oxygens (including phenoxy) is 1. The molecule has 3 heteroatoms. The normalized spacial score (nSPS) is 31.1. The summed E-state index contributed by atoms with van der Waals surface area (Å²) in [6, 6.07) is 0. The lowest BCUT2D eigenvalue weighted by molar-refractivity contribution is -0.153. The number of carbonyl (C=O) groups is 1. The van der Waals surface area contributed by atoms with Crippen molar-refractivity contribution in [2.45, 2.75) is 51.5 Å². The van der Waals surface area contributed by atoms with Gasteiger partial charge in [0.15, 0.2) is 5.60 Å². The topological polar surface area (TPSA) is 26.3 Å². The van der Waals surface area contributed by atoms with E-state index in [0.29, 0.717) is 6.42 Å². The van der Waals surface area contributed by atoms with Gasteiger partial charge >= 0.3 is 5.97 Å². The van der Waals surface area contributed by atoms with Crippen LogP contribution in [-0.2, 0) is 9.53 Å². The van der Waals surface area contributed by atoms with Crippen molar-refractivity contribution in [3.8, 4) is 0 Å². The molecule has 3 atom stereocenters. The highest BCUT2D eigenvalue weighted by molar-refractivity contribution is 6.22. The summed E-state index contributed by atoms with van der Waals surface area (Å²) in [7, 11) is 0. The van der Waals surface area contributed by atoms with E-state index in [9.17, 15) is 4.79 Å². The van der Waals surface area contributed by atoms with Gasteiger partial charge < -0.3 is 4.74 Å². The molecule has 0 radical (unpaired) electrons. The van der Waals surface area contributed by atoms with Gasteiger partial charge in [-0.3, -0.25) is 4.79 Å². The number of esters is 1. The van der Waals surface area contributed by atoms with E-state index >= 15 is 0 Å². The quantitative estimate of drug-likeness (QED) is 0.434. The van der Waals surface area contributed by atoms with E-state index in [1.807, 2.05) is 32.9 Å². The molecule has 1 rings (SSSR count). The largest absolute Gasteiger partial charge is 0.449 e. The van der Waals surface area contributed by atoms with E-state index in [4.69, 9.17) is 16.3 Å². The molecule has 106 valence electrons. The average Bonchev–Trinajstić information content (AvgIpc) is 2.35. The molecule has 0 saturated heterocycles. The summed E-state index contributed by atoms with van der Waals surface area (Å²) < 4.78 is 5.71. The zero-order valence-electron chi connectivity index (χ0n) is 12.2. The smallest absolute Gasteiger partial charge is 0.306 e. The van der Waals surface area contributed by atoms with Gasteiger partial charge in [0.05, 0.1) is 5.38 Å². The van der Waals surface area contributed by atoms with Crippen molar-refractivity contribution in [3.63, 3.8) is 0 Å². The van der Waals surface area contributed by atoms with Crippen LogP contribution in [0.3, 0.4) is 0 Å². The molecule has 0 N–H and O–H groups in total. The predicted octanol–water partition coefficient (Wildman–Crippen LogP) is 4.40. The molecule has 1 aliphatic rings. The molecule has 1 aliphatic carbocycles. The number of rotatable bonds is 4. The average molecular weight is 283 g/mol. The maximum atomic E-state index is 11.8. The highest BCUT2D eigenvalue weighted by Crippen LogP contribution is 2.43. The Bertz CT molecular complexity index is 422. The van der Waals surface area contributed by atoms with Crippen LogP contribution in [0.4, 0.5) is 0 Å². The van der Waals surface area contributed by atoms with Gasteiger partial charge in [-0.1, -0.05) is 31.2 Å². The fourth-order valence-corrected chi connectivity index (χ4v) is 3.06. The lowest BCUT2D eigenvalue weighted by Crippen LogP contribution is -2.49. The summed E-state index contributed by atoms with van der Waals surface area (Å²) >= 11 is 6.64. The molecule has 2 nitrogen and oxygen atoms in total. The van der Waals surface area contributed by atoms with Crippen LogP contribution in [0.15, 0.2) is 36.0 Å². The van der Waals surface area contributed by atoms with Gasteiger partial charge in [-0.25, -0.2) is 0 Å². The van der Waals surface area contributed by atoms with E-state index in [0.717, 1.165) is 17.6 Å². The molecule has 0 heterocycles. The number of allylic oxidation sites excluding steroid dienone is 3. The monoisotopic (exact) mass is 282 g/mol. The van der Waals surface area contributed by atoms with E-state index in [2.05, 4.69) is 12.7 Å². The molecular weight excluding hydrogens is 260 g/mol. The summed E-state index contributed by atoms with van der Waals surface area (Å²) in [6.45, 7) is 11.6. The van der Waals surface area contributed by atoms with Gasteiger partial charge in [0.25, 0.3) is 0 Å². The first-order valence-corrected chi connectivity index (χ1v) is 7.15. The summed E-state index contributed by atoms with van der Waals surface area (Å²) in [5.41, 5.74) is 1.17. The van der Waals surface area contributed by atoms with Crippen molar-refractivity contribution in [2.75, 3.05) is 0 Å². The molecule has 0 aliphatic heterocycles. The fraction of sp³-hybridized carbons (Fsp3) is 0.562. The van der Waals surface area contributed by atoms with Crippen LogP contribution in [-0.4, -0.2) is 16.9 Å². The Hall–Kier alpha value is -1.02. The standard InChI is InChI=1S/C16H23ClO2/c1-6-10-16(19-14(18)7-2)12(5)8-9-13(11(3)4)15(16)17/h6,8,10,13,15H,3,7,9H2,1-2,4-5H3/b10-6+/t13-,15-,16+/m1/s1. The van der Waals surface area contributed by atoms with Crippen LogP contribution in [0, 0.1) is 5.92 Å². The zero-order valence-corrected chi connectivity index (χ0v) is 13.0. The predicted molar refractivity (Wildman–Crippen MR) is 80.2 cm³/mol. The molecule has 0 aromatic carbocycles. The lowest BCUT2D eigenvalue weighted by Gasteiger charge is -2.42. The van der Waals surface area contributed by atoms with Crippen molar-refractivity contribution in [1.82, 2.24) is 0 Å². The van der Waals surface area contributed by atoms with Gasteiger partial charge in [-0.2, -0.15) is 0 Å².